The number of aliphatic carboxylic acids is 1. The quantitative estimate of drug-likeness (QED) is 0.741. The van der Waals surface area contributed by atoms with Gasteiger partial charge in [-0.05, 0) is 36.8 Å². The van der Waals surface area contributed by atoms with Gasteiger partial charge >= 0.3 is 5.97 Å². The number of carboxylic acid groups (broad SMARTS) is 1. The predicted octanol–water partition coefficient (Wildman–Crippen LogP) is 1.65. The SMILES string of the molecule is N#Cc1ccsc1NC(=O)CNCC1CCCC1C(=O)O. The van der Waals surface area contributed by atoms with Crippen LogP contribution in [0.3, 0.4) is 0 Å². The number of hydrogen-bond donors (Lipinski definition) is 3. The van der Waals surface area contributed by atoms with E-state index in [9.17, 15) is 9.59 Å². The number of nitrogens with one attached hydrogen (secondary N) is 2. The minimum absolute atomic E-state index is 0.0895. The van der Waals surface area contributed by atoms with Crippen molar-refractivity contribution in [3.8, 4) is 6.07 Å². The number of carboxylic acids is 1. The van der Waals surface area contributed by atoms with Crippen LogP contribution in [0, 0.1) is 23.2 Å². The van der Waals surface area contributed by atoms with E-state index in [1.807, 2.05) is 6.07 Å². The highest BCUT2D eigenvalue weighted by molar-refractivity contribution is 7.14. The highest BCUT2D eigenvalue weighted by atomic mass is 32.1. The van der Waals surface area contributed by atoms with Gasteiger partial charge in [0.2, 0.25) is 5.91 Å². The third kappa shape index (κ3) is 4.03. The van der Waals surface area contributed by atoms with Crippen LogP contribution in [-0.4, -0.2) is 30.1 Å². The Bertz CT molecular complexity index is 564. The van der Waals surface area contributed by atoms with Crippen LogP contribution < -0.4 is 10.6 Å². The molecule has 2 rings (SSSR count). The summed E-state index contributed by atoms with van der Waals surface area (Å²) in [4.78, 5) is 22.8. The van der Waals surface area contributed by atoms with Crippen LogP contribution in [-0.2, 0) is 9.59 Å². The van der Waals surface area contributed by atoms with Gasteiger partial charge in [0.1, 0.15) is 11.1 Å². The Labute approximate surface area is 126 Å². The highest BCUT2D eigenvalue weighted by Gasteiger charge is 2.32. The van der Waals surface area contributed by atoms with E-state index in [2.05, 4.69) is 10.6 Å². The molecule has 0 radical (unpaired) electrons. The smallest absolute Gasteiger partial charge is 0.306 e. The first kappa shape index (κ1) is 15.5. The van der Waals surface area contributed by atoms with Crippen LogP contribution >= 0.6 is 11.3 Å². The predicted molar refractivity (Wildman–Crippen MR) is 79.0 cm³/mol. The van der Waals surface area contributed by atoms with Crippen molar-refractivity contribution in [3.05, 3.63) is 17.0 Å². The molecule has 2 atom stereocenters. The molecule has 1 heterocycles. The number of anilines is 1. The second kappa shape index (κ2) is 7.20. The first-order valence-corrected chi connectivity index (χ1v) is 7.70. The fraction of sp³-hybridized carbons (Fsp3) is 0.500. The first-order chi connectivity index (χ1) is 10.1. The normalized spacial score (nSPS) is 20.9. The number of carbonyl (C=O) groups excluding carboxylic acids is 1. The van der Waals surface area contributed by atoms with Gasteiger partial charge in [0, 0.05) is 0 Å². The van der Waals surface area contributed by atoms with Gasteiger partial charge in [-0.25, -0.2) is 0 Å². The molecule has 2 unspecified atom stereocenters. The summed E-state index contributed by atoms with van der Waals surface area (Å²) in [6, 6.07) is 3.67. The van der Waals surface area contributed by atoms with Gasteiger partial charge in [-0.1, -0.05) is 6.42 Å². The molecule has 0 saturated heterocycles. The van der Waals surface area contributed by atoms with Crippen molar-refractivity contribution in [3.63, 3.8) is 0 Å². The third-order valence-corrected chi connectivity index (χ3v) is 4.54. The van der Waals surface area contributed by atoms with Crippen LogP contribution in [0.2, 0.25) is 0 Å². The fourth-order valence-corrected chi connectivity index (χ4v) is 3.40. The summed E-state index contributed by atoms with van der Waals surface area (Å²) in [7, 11) is 0. The zero-order valence-electron chi connectivity index (χ0n) is 11.5. The molecule has 1 amide bonds. The second-order valence-electron chi connectivity index (χ2n) is 5.09. The molecular weight excluding hydrogens is 290 g/mol. The molecular formula is C14H17N3O3S. The van der Waals surface area contributed by atoms with Crippen LogP contribution in [0.15, 0.2) is 11.4 Å². The highest BCUT2D eigenvalue weighted by Crippen LogP contribution is 2.31. The number of hydrogen-bond acceptors (Lipinski definition) is 5. The lowest BCUT2D eigenvalue weighted by Gasteiger charge is -2.16. The van der Waals surface area contributed by atoms with Crippen LogP contribution in [0.5, 0.6) is 0 Å². The molecule has 0 bridgehead atoms. The molecule has 6 nitrogen and oxygen atoms in total. The first-order valence-electron chi connectivity index (χ1n) is 6.82. The molecule has 0 aromatic carbocycles. The van der Waals surface area contributed by atoms with Crippen molar-refractivity contribution in [1.29, 1.82) is 5.26 Å². The lowest BCUT2D eigenvalue weighted by Crippen LogP contribution is -2.34. The summed E-state index contributed by atoms with van der Waals surface area (Å²) in [6.45, 7) is 0.644. The second-order valence-corrected chi connectivity index (χ2v) is 6.01. The Morgan fingerprint density at radius 2 is 2.29 bits per heavy atom. The third-order valence-electron chi connectivity index (χ3n) is 3.71. The molecule has 1 saturated carbocycles. The number of nitriles is 1. The maximum Gasteiger partial charge on any atom is 0.306 e. The molecule has 112 valence electrons. The maximum atomic E-state index is 11.8. The van der Waals surface area contributed by atoms with E-state index in [1.54, 1.807) is 11.4 Å². The van der Waals surface area contributed by atoms with Crippen LogP contribution in [0.25, 0.3) is 0 Å². The monoisotopic (exact) mass is 307 g/mol. The summed E-state index contributed by atoms with van der Waals surface area (Å²) in [5.74, 6) is -1.19. The minimum Gasteiger partial charge on any atom is -0.481 e. The minimum atomic E-state index is -0.749. The zero-order valence-corrected chi connectivity index (χ0v) is 12.3. The zero-order chi connectivity index (χ0) is 15.2. The van der Waals surface area contributed by atoms with Gasteiger partial charge in [-0.3, -0.25) is 9.59 Å². The molecule has 3 N–H and O–H groups in total. The van der Waals surface area contributed by atoms with Crippen molar-refractivity contribution in [1.82, 2.24) is 5.32 Å². The fourth-order valence-electron chi connectivity index (χ4n) is 2.64. The number of rotatable bonds is 6. The van der Waals surface area contributed by atoms with Crippen LogP contribution in [0.4, 0.5) is 5.00 Å². The van der Waals surface area contributed by atoms with E-state index in [0.717, 1.165) is 12.8 Å². The Hall–Kier alpha value is -1.91. The average molecular weight is 307 g/mol. The molecule has 0 spiro atoms. The van der Waals surface area contributed by atoms with Crippen molar-refractivity contribution >= 4 is 28.2 Å². The number of amides is 1. The molecule has 1 aliphatic rings. The van der Waals surface area contributed by atoms with E-state index in [0.29, 0.717) is 23.5 Å². The van der Waals surface area contributed by atoms with Gasteiger partial charge in [-0.2, -0.15) is 5.26 Å². The molecule has 7 heteroatoms. The van der Waals surface area contributed by atoms with E-state index in [-0.39, 0.29) is 24.3 Å². The molecule has 1 fully saturated rings. The van der Waals surface area contributed by atoms with E-state index < -0.39 is 5.97 Å². The van der Waals surface area contributed by atoms with Crippen molar-refractivity contribution < 1.29 is 14.7 Å². The number of nitrogens with zero attached hydrogens (tertiary/aromatic N) is 1. The average Bonchev–Trinajstić information content (AvgIpc) is 3.07. The van der Waals surface area contributed by atoms with Gasteiger partial charge in [0.05, 0.1) is 18.0 Å². The molecule has 1 aliphatic carbocycles. The standard InChI is InChI=1S/C14H17N3O3S/c15-6-9-4-5-21-13(9)17-12(18)8-16-7-10-2-1-3-11(10)14(19)20/h4-5,10-11,16H,1-3,7-8H2,(H,17,18)(H,19,20). The van der Waals surface area contributed by atoms with E-state index in [4.69, 9.17) is 10.4 Å². The lowest BCUT2D eigenvalue weighted by atomic mass is 9.96. The Morgan fingerprint density at radius 3 is 3.00 bits per heavy atom. The summed E-state index contributed by atoms with van der Waals surface area (Å²) >= 11 is 1.31. The van der Waals surface area contributed by atoms with Gasteiger partial charge in [0.25, 0.3) is 0 Å². The topological polar surface area (TPSA) is 102 Å². The Kier molecular flexibility index (Phi) is 5.31. The molecule has 21 heavy (non-hydrogen) atoms. The molecule has 1 aromatic rings. The van der Waals surface area contributed by atoms with Gasteiger partial charge in [0.15, 0.2) is 0 Å². The lowest BCUT2D eigenvalue weighted by molar-refractivity contribution is -0.142. The van der Waals surface area contributed by atoms with Gasteiger partial charge in [-0.15, -0.1) is 11.3 Å². The summed E-state index contributed by atoms with van der Waals surface area (Å²) in [6.07, 6.45) is 2.53. The summed E-state index contributed by atoms with van der Waals surface area (Å²) in [5, 5.41) is 25.9. The maximum absolute atomic E-state index is 11.8. The number of thiophene rings is 1. The van der Waals surface area contributed by atoms with Crippen molar-refractivity contribution in [2.45, 2.75) is 19.3 Å². The summed E-state index contributed by atoms with van der Waals surface area (Å²) in [5.41, 5.74) is 0.454. The molecule has 1 aromatic heterocycles. The van der Waals surface area contributed by atoms with Crippen molar-refractivity contribution in [2.75, 3.05) is 18.4 Å². The van der Waals surface area contributed by atoms with E-state index in [1.165, 1.54) is 11.3 Å². The summed E-state index contributed by atoms with van der Waals surface area (Å²) < 4.78 is 0. The Balaban J connectivity index is 1.75. The van der Waals surface area contributed by atoms with E-state index >= 15 is 0 Å². The molecule has 0 aliphatic heterocycles. The largest absolute Gasteiger partial charge is 0.481 e. The van der Waals surface area contributed by atoms with Crippen LogP contribution in [0.1, 0.15) is 24.8 Å². The van der Waals surface area contributed by atoms with Gasteiger partial charge < -0.3 is 15.7 Å². The Morgan fingerprint density at radius 1 is 1.48 bits per heavy atom. The van der Waals surface area contributed by atoms with Crippen molar-refractivity contribution in [2.24, 2.45) is 11.8 Å². The number of carbonyl (C=O) groups is 2.